The normalized spacial score (nSPS) is 14.8. The molecule has 37 heavy (non-hydrogen) atoms. The van der Waals surface area contributed by atoms with Crippen molar-refractivity contribution in [2.75, 3.05) is 27.6 Å². The van der Waals surface area contributed by atoms with Gasteiger partial charge in [0.2, 0.25) is 0 Å². The molecular formula is C28H28NO7P. The van der Waals surface area contributed by atoms with Crippen molar-refractivity contribution in [3.8, 4) is 0 Å². The van der Waals surface area contributed by atoms with Gasteiger partial charge in [-0.2, -0.15) is 0 Å². The molecule has 1 aliphatic rings. The molecule has 0 aromatic heterocycles. The van der Waals surface area contributed by atoms with Crippen LogP contribution in [-0.2, 0) is 23.6 Å². The zero-order valence-electron chi connectivity index (χ0n) is 20.6. The van der Waals surface area contributed by atoms with E-state index in [1.54, 1.807) is 72.8 Å². The number of rotatable bonds is 11. The molecule has 3 aromatic rings. The molecule has 9 heteroatoms. The molecule has 8 nitrogen and oxygen atoms in total. The SMILES string of the molecule is COCO[C@@H](C(=O)OC)[C@@H](CCN1C(=O)c2ccccc2C1=O)P(=O)(c1ccccc1)c1ccccc1. The Labute approximate surface area is 215 Å². The van der Waals surface area contributed by atoms with Crippen LogP contribution in [-0.4, -0.2) is 62.0 Å². The Kier molecular flexibility index (Phi) is 8.34. The first-order chi connectivity index (χ1) is 17.9. The van der Waals surface area contributed by atoms with Crippen molar-refractivity contribution in [1.82, 2.24) is 4.90 Å². The minimum Gasteiger partial charge on any atom is -0.467 e. The summed E-state index contributed by atoms with van der Waals surface area (Å²) in [7, 11) is -0.960. The average Bonchev–Trinajstić information content (AvgIpc) is 3.19. The van der Waals surface area contributed by atoms with Crippen LogP contribution in [0.25, 0.3) is 0 Å². The number of nitrogens with zero attached hydrogens (tertiary/aromatic N) is 1. The summed E-state index contributed by atoms with van der Waals surface area (Å²) in [5, 5.41) is 1.03. The molecule has 0 unspecified atom stereocenters. The standard InChI is InChI=1S/C28H28NO7P/c1-34-19-36-25(28(32)35-2)24(17-18-29-26(30)22-15-9-10-16-23(22)27(29)31)37(33,20-11-5-3-6-12-20)21-13-7-4-8-14-21/h3-16,24-25H,17-19H2,1-2H3/t24-,25-/m1/s1. The molecule has 1 aliphatic heterocycles. The van der Waals surface area contributed by atoms with E-state index >= 15 is 4.57 Å². The molecule has 0 radical (unpaired) electrons. The second-order valence-electron chi connectivity index (χ2n) is 8.51. The second-order valence-corrected chi connectivity index (χ2v) is 11.5. The zero-order chi connectivity index (χ0) is 26.4. The minimum absolute atomic E-state index is 0.0238. The highest BCUT2D eigenvalue weighted by atomic mass is 31.2. The number of hydrogen-bond acceptors (Lipinski definition) is 7. The zero-order valence-corrected chi connectivity index (χ0v) is 21.5. The van der Waals surface area contributed by atoms with Crippen molar-refractivity contribution in [3.63, 3.8) is 0 Å². The summed E-state index contributed by atoms with van der Waals surface area (Å²) in [4.78, 5) is 40.2. The van der Waals surface area contributed by atoms with Gasteiger partial charge in [-0.1, -0.05) is 72.8 Å². The number of ether oxygens (including phenoxy) is 3. The van der Waals surface area contributed by atoms with Crippen LogP contribution in [0.1, 0.15) is 27.1 Å². The number of imide groups is 1. The summed E-state index contributed by atoms with van der Waals surface area (Å²) in [6.07, 6.45) is -1.26. The predicted octanol–water partition coefficient (Wildman–Crippen LogP) is 3.22. The fourth-order valence-electron chi connectivity index (χ4n) is 4.65. The van der Waals surface area contributed by atoms with E-state index in [0.717, 1.165) is 4.90 Å². The molecule has 0 saturated heterocycles. The number of carbonyl (C=O) groups excluding carboxylic acids is 3. The third-order valence-electron chi connectivity index (χ3n) is 6.42. The van der Waals surface area contributed by atoms with Gasteiger partial charge in [-0.15, -0.1) is 0 Å². The van der Waals surface area contributed by atoms with Gasteiger partial charge in [0.15, 0.2) is 6.10 Å². The van der Waals surface area contributed by atoms with Gasteiger partial charge in [-0.05, 0) is 18.6 Å². The summed E-state index contributed by atoms with van der Waals surface area (Å²) < 4.78 is 31.1. The Morgan fingerprint density at radius 3 is 1.76 bits per heavy atom. The molecule has 0 spiro atoms. The average molecular weight is 522 g/mol. The Morgan fingerprint density at radius 2 is 1.30 bits per heavy atom. The van der Waals surface area contributed by atoms with E-state index in [1.165, 1.54) is 14.2 Å². The fraction of sp³-hybridized carbons (Fsp3) is 0.250. The molecule has 192 valence electrons. The van der Waals surface area contributed by atoms with E-state index in [2.05, 4.69) is 0 Å². The molecule has 0 aliphatic carbocycles. The van der Waals surface area contributed by atoms with Gasteiger partial charge in [0.25, 0.3) is 11.8 Å². The largest absolute Gasteiger partial charge is 0.467 e. The van der Waals surface area contributed by atoms with Crippen LogP contribution in [0.5, 0.6) is 0 Å². The summed E-state index contributed by atoms with van der Waals surface area (Å²) in [6, 6.07) is 24.3. The third kappa shape index (κ3) is 5.14. The third-order valence-corrected chi connectivity index (χ3v) is 10.0. The number of esters is 1. The van der Waals surface area contributed by atoms with Crippen molar-refractivity contribution in [1.29, 1.82) is 0 Å². The van der Waals surface area contributed by atoms with Gasteiger partial charge < -0.3 is 18.8 Å². The lowest BCUT2D eigenvalue weighted by Gasteiger charge is -2.34. The quantitative estimate of drug-likeness (QED) is 0.165. The minimum atomic E-state index is -3.60. The van der Waals surface area contributed by atoms with Gasteiger partial charge in [0.05, 0.1) is 23.9 Å². The van der Waals surface area contributed by atoms with Gasteiger partial charge in [-0.3, -0.25) is 14.5 Å². The highest BCUT2D eigenvalue weighted by Crippen LogP contribution is 2.52. The van der Waals surface area contributed by atoms with Gasteiger partial charge in [0.1, 0.15) is 13.9 Å². The Balaban J connectivity index is 1.79. The van der Waals surface area contributed by atoms with Crippen molar-refractivity contribution in [2.45, 2.75) is 18.2 Å². The number of methoxy groups -OCH3 is 2. The molecule has 4 rings (SSSR count). The van der Waals surface area contributed by atoms with Crippen LogP contribution in [0.15, 0.2) is 84.9 Å². The molecule has 2 amide bonds. The number of fused-ring (bicyclic) bond motifs is 1. The molecular weight excluding hydrogens is 493 g/mol. The maximum absolute atomic E-state index is 15.2. The number of hydrogen-bond donors (Lipinski definition) is 0. The van der Waals surface area contributed by atoms with Gasteiger partial charge >= 0.3 is 5.97 Å². The Morgan fingerprint density at radius 1 is 0.811 bits per heavy atom. The van der Waals surface area contributed by atoms with Gasteiger partial charge in [0, 0.05) is 24.3 Å². The van der Waals surface area contributed by atoms with Crippen LogP contribution in [0.4, 0.5) is 0 Å². The maximum Gasteiger partial charge on any atom is 0.335 e. The van der Waals surface area contributed by atoms with Crippen molar-refractivity contribution < 1.29 is 33.2 Å². The lowest BCUT2D eigenvalue weighted by molar-refractivity contribution is -0.162. The smallest absolute Gasteiger partial charge is 0.335 e. The van der Waals surface area contributed by atoms with Crippen LogP contribution >= 0.6 is 7.14 Å². The molecule has 3 aromatic carbocycles. The van der Waals surface area contributed by atoms with Crippen LogP contribution in [0.2, 0.25) is 0 Å². The fourth-order valence-corrected chi connectivity index (χ4v) is 8.01. The van der Waals surface area contributed by atoms with E-state index in [4.69, 9.17) is 14.2 Å². The van der Waals surface area contributed by atoms with E-state index in [0.29, 0.717) is 21.7 Å². The molecule has 0 bridgehead atoms. The summed E-state index contributed by atoms with van der Waals surface area (Å²) in [6.45, 7) is -0.308. The summed E-state index contributed by atoms with van der Waals surface area (Å²) >= 11 is 0. The Bertz CT molecular complexity index is 1230. The number of amides is 2. The van der Waals surface area contributed by atoms with Crippen molar-refractivity contribution in [2.24, 2.45) is 0 Å². The van der Waals surface area contributed by atoms with Gasteiger partial charge in [-0.25, -0.2) is 4.79 Å². The first kappa shape index (κ1) is 26.5. The molecule has 2 atom stereocenters. The predicted molar refractivity (Wildman–Crippen MR) is 139 cm³/mol. The maximum atomic E-state index is 15.2. The van der Waals surface area contributed by atoms with E-state index in [-0.39, 0.29) is 19.8 Å². The van der Waals surface area contributed by atoms with Crippen molar-refractivity contribution >= 4 is 35.5 Å². The first-order valence-corrected chi connectivity index (χ1v) is 13.6. The number of carbonyl (C=O) groups is 3. The highest BCUT2D eigenvalue weighted by molar-refractivity contribution is 7.79. The molecule has 1 heterocycles. The lowest BCUT2D eigenvalue weighted by atomic mass is 10.1. The lowest BCUT2D eigenvalue weighted by Crippen LogP contribution is -2.44. The topological polar surface area (TPSA) is 99.2 Å². The Hall–Kier alpha value is -3.58. The van der Waals surface area contributed by atoms with Crippen LogP contribution in [0.3, 0.4) is 0 Å². The summed E-state index contributed by atoms with van der Waals surface area (Å²) in [5.74, 6) is -1.58. The molecule has 0 fully saturated rings. The highest BCUT2D eigenvalue weighted by Gasteiger charge is 2.46. The van der Waals surface area contributed by atoms with E-state index in [1.807, 2.05) is 12.1 Å². The second kappa shape index (κ2) is 11.6. The van der Waals surface area contributed by atoms with E-state index < -0.39 is 36.7 Å². The van der Waals surface area contributed by atoms with Crippen LogP contribution < -0.4 is 10.6 Å². The van der Waals surface area contributed by atoms with Crippen LogP contribution in [0, 0.1) is 0 Å². The molecule has 0 saturated carbocycles. The van der Waals surface area contributed by atoms with Crippen molar-refractivity contribution in [3.05, 3.63) is 96.1 Å². The summed E-state index contributed by atoms with van der Waals surface area (Å²) in [5.41, 5.74) is -0.332. The van der Waals surface area contributed by atoms with E-state index in [9.17, 15) is 14.4 Å². The monoisotopic (exact) mass is 521 g/mol. The first-order valence-electron chi connectivity index (χ1n) is 11.8. The number of benzene rings is 3. The molecule has 0 N–H and O–H groups in total.